The standard InChI is InChI=1S/C16H26FNO/c1-6-16(5,19-8-3)15(18-7-2)14-10-9-13(17)11-12(14)4/h9-11,15,18H,6-8H2,1-5H3. The van der Waals surface area contributed by atoms with E-state index in [1.807, 2.05) is 19.9 Å². The van der Waals surface area contributed by atoms with E-state index in [4.69, 9.17) is 4.74 Å². The van der Waals surface area contributed by atoms with Crippen LogP contribution in [0.3, 0.4) is 0 Å². The van der Waals surface area contributed by atoms with E-state index in [-0.39, 0.29) is 17.5 Å². The van der Waals surface area contributed by atoms with Gasteiger partial charge in [-0.25, -0.2) is 4.39 Å². The minimum Gasteiger partial charge on any atom is -0.374 e. The van der Waals surface area contributed by atoms with Gasteiger partial charge in [-0.1, -0.05) is 19.9 Å². The molecular weight excluding hydrogens is 241 g/mol. The van der Waals surface area contributed by atoms with E-state index >= 15 is 0 Å². The van der Waals surface area contributed by atoms with Crippen LogP contribution in [0.2, 0.25) is 0 Å². The molecule has 0 aliphatic carbocycles. The van der Waals surface area contributed by atoms with Crippen molar-refractivity contribution in [3.8, 4) is 0 Å². The molecule has 2 atom stereocenters. The van der Waals surface area contributed by atoms with Gasteiger partial charge in [-0.2, -0.15) is 0 Å². The summed E-state index contributed by atoms with van der Waals surface area (Å²) >= 11 is 0. The van der Waals surface area contributed by atoms with Crippen LogP contribution in [0.1, 0.15) is 51.3 Å². The summed E-state index contributed by atoms with van der Waals surface area (Å²) in [6.07, 6.45) is 0.898. The first-order valence-corrected chi connectivity index (χ1v) is 7.11. The van der Waals surface area contributed by atoms with Crippen molar-refractivity contribution in [2.45, 2.75) is 52.7 Å². The monoisotopic (exact) mass is 267 g/mol. The van der Waals surface area contributed by atoms with Crippen molar-refractivity contribution in [2.24, 2.45) is 0 Å². The van der Waals surface area contributed by atoms with Crippen LogP contribution in [0, 0.1) is 12.7 Å². The second kappa shape index (κ2) is 7.01. The number of aryl methyl sites for hydroxylation is 1. The minimum atomic E-state index is -0.284. The zero-order chi connectivity index (χ0) is 14.5. The molecule has 3 heteroatoms. The Labute approximate surface area is 116 Å². The molecule has 1 rings (SSSR count). The lowest BCUT2D eigenvalue weighted by atomic mass is 9.85. The molecule has 0 fully saturated rings. The van der Waals surface area contributed by atoms with Crippen LogP contribution in [-0.2, 0) is 4.74 Å². The van der Waals surface area contributed by atoms with Gasteiger partial charge in [0, 0.05) is 6.61 Å². The highest BCUT2D eigenvalue weighted by atomic mass is 19.1. The van der Waals surface area contributed by atoms with Crippen LogP contribution in [-0.4, -0.2) is 18.8 Å². The highest BCUT2D eigenvalue weighted by Gasteiger charge is 2.34. The summed E-state index contributed by atoms with van der Waals surface area (Å²) < 4.78 is 19.2. The molecule has 0 bridgehead atoms. The lowest BCUT2D eigenvalue weighted by Crippen LogP contribution is -2.44. The average molecular weight is 267 g/mol. The third kappa shape index (κ3) is 3.77. The molecule has 2 unspecified atom stereocenters. The Bertz CT molecular complexity index is 408. The molecule has 0 aromatic heterocycles. The summed E-state index contributed by atoms with van der Waals surface area (Å²) in [5, 5.41) is 3.49. The summed E-state index contributed by atoms with van der Waals surface area (Å²) in [6, 6.07) is 5.05. The molecule has 0 aliphatic heterocycles. The summed E-state index contributed by atoms with van der Waals surface area (Å²) in [7, 11) is 0. The van der Waals surface area contributed by atoms with Crippen molar-refractivity contribution in [1.29, 1.82) is 0 Å². The maximum Gasteiger partial charge on any atom is 0.123 e. The van der Waals surface area contributed by atoms with Crippen LogP contribution in [0.15, 0.2) is 18.2 Å². The summed E-state index contributed by atoms with van der Waals surface area (Å²) in [5.74, 6) is -0.189. The smallest absolute Gasteiger partial charge is 0.123 e. The Morgan fingerprint density at radius 3 is 2.47 bits per heavy atom. The molecule has 1 aromatic rings. The number of rotatable bonds is 7. The zero-order valence-corrected chi connectivity index (χ0v) is 12.7. The summed E-state index contributed by atoms with van der Waals surface area (Å²) in [6.45, 7) is 11.8. The van der Waals surface area contributed by atoms with Gasteiger partial charge in [0.05, 0.1) is 11.6 Å². The quantitative estimate of drug-likeness (QED) is 0.806. The maximum absolute atomic E-state index is 13.3. The average Bonchev–Trinajstić information content (AvgIpc) is 2.37. The molecule has 0 radical (unpaired) electrons. The van der Waals surface area contributed by atoms with E-state index in [1.54, 1.807) is 6.07 Å². The Balaban J connectivity index is 3.18. The molecule has 1 aromatic carbocycles. The minimum absolute atomic E-state index is 0.0723. The number of hydrogen-bond acceptors (Lipinski definition) is 2. The van der Waals surface area contributed by atoms with Gasteiger partial charge in [-0.05, 0) is 57.0 Å². The molecule has 0 saturated heterocycles. The van der Waals surface area contributed by atoms with Crippen LogP contribution < -0.4 is 5.32 Å². The molecule has 1 N–H and O–H groups in total. The van der Waals surface area contributed by atoms with Crippen molar-refractivity contribution in [3.05, 3.63) is 35.1 Å². The van der Waals surface area contributed by atoms with Crippen molar-refractivity contribution < 1.29 is 9.13 Å². The van der Waals surface area contributed by atoms with E-state index < -0.39 is 0 Å². The first-order chi connectivity index (χ1) is 8.98. The molecule has 19 heavy (non-hydrogen) atoms. The number of ether oxygens (including phenoxy) is 1. The van der Waals surface area contributed by atoms with Gasteiger partial charge in [0.2, 0.25) is 0 Å². The predicted molar refractivity (Wildman–Crippen MR) is 77.9 cm³/mol. The Morgan fingerprint density at radius 1 is 1.32 bits per heavy atom. The highest BCUT2D eigenvalue weighted by molar-refractivity contribution is 5.31. The Hall–Kier alpha value is -0.930. The molecule has 0 saturated carbocycles. The molecule has 2 nitrogen and oxygen atoms in total. The summed E-state index contributed by atoms with van der Waals surface area (Å²) in [4.78, 5) is 0. The molecule has 0 aliphatic rings. The van der Waals surface area contributed by atoms with Crippen molar-refractivity contribution >= 4 is 0 Å². The van der Waals surface area contributed by atoms with E-state index in [0.29, 0.717) is 6.61 Å². The Morgan fingerprint density at radius 2 is 2.00 bits per heavy atom. The largest absolute Gasteiger partial charge is 0.374 e. The second-order valence-corrected chi connectivity index (χ2v) is 5.09. The van der Waals surface area contributed by atoms with Crippen LogP contribution >= 0.6 is 0 Å². The number of hydrogen-bond donors (Lipinski definition) is 1. The number of nitrogens with one attached hydrogen (secondary N) is 1. The number of likely N-dealkylation sites (N-methyl/N-ethyl adjacent to an activating group) is 1. The molecule has 0 spiro atoms. The van der Waals surface area contributed by atoms with E-state index in [2.05, 4.69) is 26.1 Å². The van der Waals surface area contributed by atoms with E-state index in [1.165, 1.54) is 6.07 Å². The van der Waals surface area contributed by atoms with E-state index in [9.17, 15) is 4.39 Å². The van der Waals surface area contributed by atoms with Gasteiger partial charge in [-0.3, -0.25) is 0 Å². The van der Waals surface area contributed by atoms with Gasteiger partial charge in [-0.15, -0.1) is 0 Å². The van der Waals surface area contributed by atoms with Gasteiger partial charge >= 0.3 is 0 Å². The maximum atomic E-state index is 13.3. The fourth-order valence-corrected chi connectivity index (χ4v) is 2.54. The molecule has 0 heterocycles. The number of halogens is 1. The van der Waals surface area contributed by atoms with Gasteiger partial charge in [0.1, 0.15) is 5.82 Å². The zero-order valence-electron chi connectivity index (χ0n) is 12.7. The van der Waals surface area contributed by atoms with E-state index in [0.717, 1.165) is 24.1 Å². The third-order valence-electron chi connectivity index (χ3n) is 3.74. The third-order valence-corrected chi connectivity index (χ3v) is 3.74. The molecule has 0 amide bonds. The van der Waals surface area contributed by atoms with Crippen molar-refractivity contribution in [2.75, 3.05) is 13.2 Å². The fraction of sp³-hybridized carbons (Fsp3) is 0.625. The van der Waals surface area contributed by atoms with Crippen LogP contribution in [0.5, 0.6) is 0 Å². The highest BCUT2D eigenvalue weighted by Crippen LogP contribution is 2.34. The first-order valence-electron chi connectivity index (χ1n) is 7.11. The second-order valence-electron chi connectivity index (χ2n) is 5.09. The van der Waals surface area contributed by atoms with Crippen molar-refractivity contribution in [3.63, 3.8) is 0 Å². The Kier molecular flexibility index (Phi) is 5.95. The van der Waals surface area contributed by atoms with Crippen LogP contribution in [0.25, 0.3) is 0 Å². The van der Waals surface area contributed by atoms with Crippen LogP contribution in [0.4, 0.5) is 4.39 Å². The lowest BCUT2D eigenvalue weighted by Gasteiger charge is -2.38. The van der Waals surface area contributed by atoms with Gasteiger partial charge < -0.3 is 10.1 Å². The molecule has 108 valence electrons. The topological polar surface area (TPSA) is 21.3 Å². The normalized spacial score (nSPS) is 16.1. The van der Waals surface area contributed by atoms with Crippen molar-refractivity contribution in [1.82, 2.24) is 5.32 Å². The van der Waals surface area contributed by atoms with Gasteiger partial charge in [0.15, 0.2) is 0 Å². The van der Waals surface area contributed by atoms with Gasteiger partial charge in [0.25, 0.3) is 0 Å². The molecular formula is C16H26FNO. The SMILES string of the molecule is CCNC(c1ccc(F)cc1C)C(C)(CC)OCC. The number of benzene rings is 1. The first kappa shape index (κ1) is 16.1. The fourth-order valence-electron chi connectivity index (χ4n) is 2.54. The summed E-state index contributed by atoms with van der Waals surface area (Å²) in [5.41, 5.74) is 1.79. The lowest BCUT2D eigenvalue weighted by molar-refractivity contribution is -0.0561. The predicted octanol–water partition coefficient (Wildman–Crippen LogP) is 3.99.